The predicted octanol–water partition coefficient (Wildman–Crippen LogP) is 3.79. The standard InChI is InChI=1S/C29H28N6O3S/c1-34(2)21-14-12-20(13-15-21)31-26(37)18-39-29-32-23-11-7-6-10-22(23)27-33-28(38)24(35(27)29)16-25(36)30-17-19-8-4-3-5-9-19/h3-15,24H,16-18H2,1-2H3,(H,30,36)(H,31,37). The molecule has 0 radical (unpaired) electrons. The number of nitrogens with zero attached hydrogens (tertiary/aromatic N) is 4. The van der Waals surface area contributed by atoms with Crippen LogP contribution in [0.25, 0.3) is 0 Å². The summed E-state index contributed by atoms with van der Waals surface area (Å²) in [5.41, 5.74) is 4.06. The molecule has 1 unspecified atom stereocenters. The first-order chi connectivity index (χ1) is 18.9. The number of fused-ring (bicyclic) bond motifs is 3. The summed E-state index contributed by atoms with van der Waals surface area (Å²) in [5, 5.41) is 6.24. The van der Waals surface area contributed by atoms with Crippen molar-refractivity contribution in [2.75, 3.05) is 30.1 Å². The van der Waals surface area contributed by atoms with Gasteiger partial charge in [0, 0.05) is 37.6 Å². The number of para-hydroxylation sites is 1. The fourth-order valence-electron chi connectivity index (χ4n) is 4.32. The van der Waals surface area contributed by atoms with Gasteiger partial charge in [0.25, 0.3) is 5.91 Å². The van der Waals surface area contributed by atoms with Crippen LogP contribution in [0.2, 0.25) is 0 Å². The maximum absolute atomic E-state index is 13.0. The van der Waals surface area contributed by atoms with Gasteiger partial charge < -0.3 is 15.5 Å². The largest absolute Gasteiger partial charge is 0.378 e. The number of hydrogen-bond acceptors (Lipinski definition) is 7. The topological polar surface area (TPSA) is 106 Å². The Hall–Kier alpha value is -4.44. The first-order valence-corrected chi connectivity index (χ1v) is 13.5. The third kappa shape index (κ3) is 6.01. The zero-order valence-electron chi connectivity index (χ0n) is 21.6. The second-order valence-corrected chi connectivity index (χ2v) is 10.3. The Labute approximate surface area is 231 Å². The van der Waals surface area contributed by atoms with Gasteiger partial charge in [0.2, 0.25) is 11.8 Å². The van der Waals surface area contributed by atoms with Crippen LogP contribution in [0.3, 0.4) is 0 Å². The monoisotopic (exact) mass is 540 g/mol. The van der Waals surface area contributed by atoms with Gasteiger partial charge in [-0.3, -0.25) is 19.3 Å². The molecule has 9 nitrogen and oxygen atoms in total. The first-order valence-electron chi connectivity index (χ1n) is 12.5. The fourth-order valence-corrected chi connectivity index (χ4v) is 5.16. The van der Waals surface area contributed by atoms with E-state index in [4.69, 9.17) is 4.99 Å². The van der Waals surface area contributed by atoms with Crippen LogP contribution in [0.4, 0.5) is 17.1 Å². The molecule has 2 aliphatic rings. The van der Waals surface area contributed by atoms with Gasteiger partial charge in [-0.25, -0.2) is 4.99 Å². The lowest BCUT2D eigenvalue weighted by Crippen LogP contribution is -2.46. The van der Waals surface area contributed by atoms with Crippen LogP contribution in [0, 0.1) is 0 Å². The van der Waals surface area contributed by atoms with Crippen molar-refractivity contribution in [1.82, 2.24) is 10.2 Å². The van der Waals surface area contributed by atoms with Gasteiger partial charge in [-0.15, -0.1) is 0 Å². The van der Waals surface area contributed by atoms with E-state index in [0.717, 1.165) is 11.3 Å². The van der Waals surface area contributed by atoms with Gasteiger partial charge in [0.15, 0.2) is 5.17 Å². The summed E-state index contributed by atoms with van der Waals surface area (Å²) in [6, 6.07) is 23.7. The van der Waals surface area contributed by atoms with E-state index in [1.807, 2.05) is 97.9 Å². The summed E-state index contributed by atoms with van der Waals surface area (Å²) in [7, 11) is 3.90. The SMILES string of the molecule is CN(C)c1ccc(NC(=O)CSC2=Nc3ccccc3C3=NC(=O)C(CC(=O)NCc4ccccc4)N23)cc1. The smallest absolute Gasteiger partial charge is 0.271 e. The van der Waals surface area contributed by atoms with Gasteiger partial charge in [0.1, 0.15) is 11.9 Å². The van der Waals surface area contributed by atoms with Crippen LogP contribution in [0.1, 0.15) is 17.5 Å². The minimum atomic E-state index is -0.836. The fraction of sp³-hybridized carbons (Fsp3) is 0.207. The van der Waals surface area contributed by atoms with Gasteiger partial charge >= 0.3 is 0 Å². The first kappa shape index (κ1) is 26.2. The van der Waals surface area contributed by atoms with Crippen LogP contribution in [0.5, 0.6) is 0 Å². The molecular weight excluding hydrogens is 512 g/mol. The van der Waals surface area contributed by atoms with E-state index in [1.165, 1.54) is 11.8 Å². The van der Waals surface area contributed by atoms with Gasteiger partial charge in [-0.05, 0) is 42.0 Å². The van der Waals surface area contributed by atoms with Crippen molar-refractivity contribution in [3.63, 3.8) is 0 Å². The molecule has 0 bridgehead atoms. The van der Waals surface area contributed by atoms with Crippen molar-refractivity contribution < 1.29 is 14.4 Å². The van der Waals surface area contributed by atoms with E-state index in [-0.39, 0.29) is 24.0 Å². The molecule has 198 valence electrons. The van der Waals surface area contributed by atoms with Gasteiger partial charge in [0.05, 0.1) is 17.9 Å². The number of carbonyl (C=O) groups is 3. The molecular formula is C29H28N6O3S. The number of aliphatic imine (C=N–C) groups is 2. The highest BCUT2D eigenvalue weighted by Gasteiger charge is 2.42. The Kier molecular flexibility index (Phi) is 7.74. The Morgan fingerprint density at radius 2 is 1.64 bits per heavy atom. The Balaban J connectivity index is 1.29. The van der Waals surface area contributed by atoms with Crippen molar-refractivity contribution >= 4 is 57.5 Å². The van der Waals surface area contributed by atoms with Crippen LogP contribution in [0.15, 0.2) is 88.8 Å². The van der Waals surface area contributed by atoms with E-state index >= 15 is 0 Å². The molecule has 0 spiro atoms. The minimum Gasteiger partial charge on any atom is -0.378 e. The quantitative estimate of drug-likeness (QED) is 0.450. The number of amides is 3. The number of amidine groups is 2. The highest BCUT2D eigenvalue weighted by molar-refractivity contribution is 8.14. The summed E-state index contributed by atoms with van der Waals surface area (Å²) in [6.07, 6.45) is -0.0785. The number of carbonyl (C=O) groups excluding carboxylic acids is 3. The predicted molar refractivity (Wildman–Crippen MR) is 155 cm³/mol. The number of rotatable bonds is 8. The molecule has 0 saturated heterocycles. The van der Waals surface area contributed by atoms with Crippen molar-refractivity contribution in [3.8, 4) is 0 Å². The lowest BCUT2D eigenvalue weighted by Gasteiger charge is -2.30. The number of hydrogen-bond donors (Lipinski definition) is 2. The Bertz CT molecular complexity index is 1450. The van der Waals surface area contributed by atoms with Crippen LogP contribution < -0.4 is 15.5 Å². The minimum absolute atomic E-state index is 0.0708. The van der Waals surface area contributed by atoms with Gasteiger partial charge in [-0.2, -0.15) is 4.99 Å². The third-order valence-electron chi connectivity index (χ3n) is 6.32. The summed E-state index contributed by atoms with van der Waals surface area (Å²) >= 11 is 1.21. The van der Waals surface area contributed by atoms with Crippen molar-refractivity contribution in [2.45, 2.75) is 19.0 Å². The molecule has 3 aromatic rings. The number of nitrogens with one attached hydrogen (secondary N) is 2. The Morgan fingerprint density at radius 3 is 2.38 bits per heavy atom. The molecule has 0 aromatic heterocycles. The number of anilines is 2. The number of thioether (sulfide) groups is 1. The van der Waals surface area contributed by atoms with E-state index in [2.05, 4.69) is 15.6 Å². The zero-order valence-corrected chi connectivity index (χ0v) is 22.4. The van der Waals surface area contributed by atoms with Crippen LogP contribution in [-0.2, 0) is 20.9 Å². The maximum atomic E-state index is 13.0. The highest BCUT2D eigenvalue weighted by Crippen LogP contribution is 2.35. The molecule has 3 aromatic carbocycles. The maximum Gasteiger partial charge on any atom is 0.271 e. The second kappa shape index (κ2) is 11.5. The molecule has 2 heterocycles. The van der Waals surface area contributed by atoms with Crippen LogP contribution in [-0.4, -0.2) is 59.5 Å². The average molecular weight is 541 g/mol. The molecule has 3 amide bonds. The molecule has 2 N–H and O–H groups in total. The highest BCUT2D eigenvalue weighted by atomic mass is 32.2. The van der Waals surface area contributed by atoms with E-state index < -0.39 is 11.9 Å². The van der Waals surface area contributed by atoms with Crippen molar-refractivity contribution in [3.05, 3.63) is 90.0 Å². The second-order valence-electron chi connectivity index (χ2n) is 9.32. The third-order valence-corrected chi connectivity index (χ3v) is 7.27. The summed E-state index contributed by atoms with van der Waals surface area (Å²) in [6.45, 7) is 0.364. The molecule has 10 heteroatoms. The van der Waals surface area contributed by atoms with Crippen molar-refractivity contribution in [2.24, 2.45) is 9.98 Å². The van der Waals surface area contributed by atoms with Crippen LogP contribution >= 0.6 is 11.8 Å². The van der Waals surface area contributed by atoms with Gasteiger partial charge in [-0.1, -0.05) is 54.2 Å². The molecule has 39 heavy (non-hydrogen) atoms. The van der Waals surface area contributed by atoms with E-state index in [9.17, 15) is 14.4 Å². The molecule has 2 aliphatic heterocycles. The summed E-state index contributed by atoms with van der Waals surface area (Å²) in [4.78, 5) is 51.3. The molecule has 0 aliphatic carbocycles. The molecule has 1 atom stereocenters. The van der Waals surface area contributed by atoms with E-state index in [0.29, 0.717) is 34.5 Å². The molecule has 0 saturated carbocycles. The normalized spacial score (nSPS) is 15.6. The molecule has 5 rings (SSSR count). The number of benzene rings is 3. The summed E-state index contributed by atoms with van der Waals surface area (Å²) < 4.78 is 0. The van der Waals surface area contributed by atoms with Crippen molar-refractivity contribution in [1.29, 1.82) is 0 Å². The van der Waals surface area contributed by atoms with E-state index in [1.54, 1.807) is 4.90 Å². The lowest BCUT2D eigenvalue weighted by molar-refractivity contribution is -0.126. The lowest BCUT2D eigenvalue weighted by atomic mass is 10.1. The summed E-state index contributed by atoms with van der Waals surface area (Å²) in [5.74, 6) is -0.360. The zero-order chi connectivity index (χ0) is 27.4. The Morgan fingerprint density at radius 1 is 0.923 bits per heavy atom. The molecule has 0 fully saturated rings. The average Bonchev–Trinajstić information content (AvgIpc) is 3.27.